The maximum Gasteiger partial charge on any atom is 0.415 e. The average Bonchev–Trinajstić information content (AvgIpc) is 3.75. The van der Waals surface area contributed by atoms with Gasteiger partial charge in [0.2, 0.25) is 15.9 Å². The van der Waals surface area contributed by atoms with E-state index >= 15 is 0 Å². The van der Waals surface area contributed by atoms with Gasteiger partial charge >= 0.3 is 6.09 Å². The Morgan fingerprint density at radius 2 is 1.79 bits per heavy atom. The predicted octanol–water partition coefficient (Wildman–Crippen LogP) is 1.94. The van der Waals surface area contributed by atoms with E-state index < -0.39 is 66.9 Å². The lowest BCUT2D eigenvalue weighted by Gasteiger charge is -2.26. The number of nitrogens with zero attached hydrogens (tertiary/aromatic N) is 1. The molecule has 3 aliphatic rings. The number of rotatable bonds is 10. The first-order valence-corrected chi connectivity index (χ1v) is 15.8. The first-order chi connectivity index (χ1) is 18.2. The molecule has 3 amide bonds. The zero-order valence-electron chi connectivity index (χ0n) is 21.0. The second-order valence-corrected chi connectivity index (χ2v) is 14.2. The second kappa shape index (κ2) is 10.7. The van der Waals surface area contributed by atoms with Gasteiger partial charge in [-0.3, -0.25) is 23.4 Å². The Balaban J connectivity index is 1.53. The Kier molecular flexibility index (Phi) is 8.00. The average molecular weight is 647 g/mol. The first kappa shape index (κ1) is 29.2. The van der Waals surface area contributed by atoms with Gasteiger partial charge in [-0.15, -0.1) is 6.58 Å². The summed E-state index contributed by atoms with van der Waals surface area (Å²) in [4.78, 5) is 40.1. The number of allylic oxidation sites excluding steroid dienone is 1. The lowest BCUT2D eigenvalue weighted by atomic mass is 10.1. The highest BCUT2D eigenvalue weighted by atomic mass is 79.9. The first-order valence-electron chi connectivity index (χ1n) is 12.0. The van der Waals surface area contributed by atoms with Gasteiger partial charge in [0, 0.05) is 16.8 Å². The van der Waals surface area contributed by atoms with E-state index in [1.54, 1.807) is 0 Å². The number of carbonyl (C=O) groups excluding carboxylic acids is 3. The van der Waals surface area contributed by atoms with Gasteiger partial charge in [-0.2, -0.15) is 8.42 Å². The minimum Gasteiger partial charge on any atom is -0.416 e. The molecule has 212 valence electrons. The fraction of sp³-hybridized carbons (Fsp3) is 0.458. The van der Waals surface area contributed by atoms with Crippen LogP contribution in [0.1, 0.15) is 32.6 Å². The van der Waals surface area contributed by atoms with Crippen molar-refractivity contribution in [3.8, 4) is 0 Å². The summed E-state index contributed by atoms with van der Waals surface area (Å²) < 4.78 is 63.5. The molecule has 0 spiro atoms. The molecule has 2 N–H and O–H groups in total. The number of carbonyl (C=O) groups is 3. The van der Waals surface area contributed by atoms with Crippen LogP contribution < -0.4 is 10.0 Å². The summed E-state index contributed by atoms with van der Waals surface area (Å²) in [6.45, 7) is 8.27. The molecule has 3 fully saturated rings. The molecule has 0 aromatic heterocycles. The highest BCUT2D eigenvalue weighted by molar-refractivity contribution is 9.10. The van der Waals surface area contributed by atoms with Gasteiger partial charge in [0.05, 0.1) is 28.6 Å². The van der Waals surface area contributed by atoms with Crippen LogP contribution in [0.15, 0.2) is 58.6 Å². The Hall–Kier alpha value is -2.75. The Bertz CT molecular complexity index is 1420. The van der Waals surface area contributed by atoms with E-state index in [1.165, 1.54) is 37.3 Å². The number of sulfonamides is 1. The van der Waals surface area contributed by atoms with Crippen LogP contribution in [-0.2, 0) is 38.7 Å². The third-order valence-electron chi connectivity index (χ3n) is 6.68. The molecule has 0 bridgehead atoms. The van der Waals surface area contributed by atoms with Crippen molar-refractivity contribution in [2.24, 2.45) is 5.92 Å². The third kappa shape index (κ3) is 6.36. The minimum absolute atomic E-state index is 0.0426. The number of halogens is 1. The van der Waals surface area contributed by atoms with E-state index in [2.05, 4.69) is 34.4 Å². The fourth-order valence-electron chi connectivity index (χ4n) is 4.38. The molecule has 4 atom stereocenters. The summed E-state index contributed by atoms with van der Waals surface area (Å²) in [5.41, 5.74) is -1.58. The van der Waals surface area contributed by atoms with E-state index in [0.717, 1.165) is 4.90 Å². The Labute approximate surface area is 235 Å². The molecule has 39 heavy (non-hydrogen) atoms. The molecule has 12 nitrogen and oxygen atoms in total. The molecule has 1 saturated heterocycles. The summed E-state index contributed by atoms with van der Waals surface area (Å²) in [5.74, 6) is -2.20. The number of benzene rings is 1. The topological polar surface area (TPSA) is 165 Å². The molecule has 0 radical (unpaired) electrons. The van der Waals surface area contributed by atoms with E-state index in [1.807, 2.05) is 4.72 Å². The number of hydrogen-bond acceptors (Lipinski definition) is 9. The quantitative estimate of drug-likeness (QED) is 0.220. The van der Waals surface area contributed by atoms with Crippen molar-refractivity contribution in [3.05, 3.63) is 53.7 Å². The van der Waals surface area contributed by atoms with Gasteiger partial charge < -0.3 is 10.1 Å². The lowest BCUT2D eigenvalue weighted by Crippen LogP contribution is -2.56. The minimum atomic E-state index is -4.25. The molecule has 1 unspecified atom stereocenters. The van der Waals surface area contributed by atoms with Crippen molar-refractivity contribution in [2.45, 2.75) is 60.4 Å². The molecule has 2 saturated carbocycles. The number of likely N-dealkylation sites (tertiary alicyclic amines) is 1. The van der Waals surface area contributed by atoms with Gasteiger partial charge in [0.1, 0.15) is 11.6 Å². The van der Waals surface area contributed by atoms with Crippen molar-refractivity contribution < 1.29 is 40.1 Å². The van der Waals surface area contributed by atoms with Gasteiger partial charge in [-0.05, 0) is 50.5 Å². The summed E-state index contributed by atoms with van der Waals surface area (Å²) in [6.07, 6.45) is 0.126. The molecule has 4 rings (SSSR count). The predicted molar refractivity (Wildman–Crippen MR) is 142 cm³/mol. The van der Waals surface area contributed by atoms with Gasteiger partial charge in [0.15, 0.2) is 0 Å². The number of nitrogens with one attached hydrogen (secondary N) is 2. The largest absolute Gasteiger partial charge is 0.416 e. The van der Waals surface area contributed by atoms with E-state index in [-0.39, 0.29) is 30.0 Å². The third-order valence-corrected chi connectivity index (χ3v) is 10.4. The SMILES string of the molecule is C=CC1C[C@]1(NC(=O)[C@@H]1C[C@H](OS(=O)(=O)c2ccc(Br)cc2)CN1C(=O)OC(=C)C)C(=O)NS(=O)(=O)C1CC1. The van der Waals surface area contributed by atoms with Crippen molar-refractivity contribution in [2.75, 3.05) is 6.54 Å². The van der Waals surface area contributed by atoms with Gasteiger partial charge in [-0.1, -0.05) is 28.6 Å². The van der Waals surface area contributed by atoms with Crippen molar-refractivity contribution >= 4 is 54.0 Å². The summed E-state index contributed by atoms with van der Waals surface area (Å²) >= 11 is 3.23. The van der Waals surface area contributed by atoms with Crippen LogP contribution in [0.25, 0.3) is 0 Å². The number of hydrogen-bond donors (Lipinski definition) is 2. The smallest absolute Gasteiger partial charge is 0.415 e. The highest BCUT2D eigenvalue weighted by Crippen LogP contribution is 2.45. The van der Waals surface area contributed by atoms with Crippen LogP contribution in [-0.4, -0.2) is 69.1 Å². The van der Waals surface area contributed by atoms with Crippen LogP contribution in [0.4, 0.5) is 4.79 Å². The highest BCUT2D eigenvalue weighted by Gasteiger charge is 2.62. The zero-order chi connectivity index (χ0) is 28.8. The second-order valence-electron chi connectivity index (χ2n) is 9.78. The maximum atomic E-state index is 13.4. The van der Waals surface area contributed by atoms with Crippen LogP contribution in [0.5, 0.6) is 0 Å². The monoisotopic (exact) mass is 645 g/mol. The lowest BCUT2D eigenvalue weighted by molar-refractivity contribution is -0.131. The van der Waals surface area contributed by atoms with Crippen LogP contribution in [0.3, 0.4) is 0 Å². The molecule has 1 aliphatic heterocycles. The standard InChI is InChI=1S/C24H28BrN3O9S2/c1-4-15-12-24(15,22(30)27-38(32,33)18-9-10-18)26-21(29)20-11-17(13-28(20)23(31)36-14(2)3)37-39(34,35)19-7-5-16(25)6-8-19/h4-8,15,17-18,20H,1-2,9-13H2,3H3,(H,26,29)(H,27,30)/t15?,17-,20-,24+/m0/s1. The molecule has 2 aliphatic carbocycles. The molecular formula is C24H28BrN3O9S2. The van der Waals surface area contributed by atoms with E-state index in [9.17, 15) is 31.2 Å². The Morgan fingerprint density at radius 1 is 1.15 bits per heavy atom. The van der Waals surface area contributed by atoms with Crippen LogP contribution in [0, 0.1) is 5.92 Å². The number of amides is 3. The zero-order valence-corrected chi connectivity index (χ0v) is 24.2. The molecule has 1 heterocycles. The Morgan fingerprint density at radius 3 is 2.33 bits per heavy atom. The maximum absolute atomic E-state index is 13.4. The van der Waals surface area contributed by atoms with E-state index in [0.29, 0.717) is 17.3 Å². The van der Waals surface area contributed by atoms with Crippen molar-refractivity contribution in [1.82, 2.24) is 14.9 Å². The normalized spacial score (nSPS) is 26.4. The molecule has 1 aromatic rings. The molecule has 15 heteroatoms. The van der Waals surface area contributed by atoms with Gasteiger partial charge in [-0.25, -0.2) is 13.2 Å². The summed E-state index contributed by atoms with van der Waals surface area (Å²) in [5, 5.41) is 1.93. The molecular weight excluding hydrogens is 618 g/mol. The van der Waals surface area contributed by atoms with Crippen molar-refractivity contribution in [1.29, 1.82) is 0 Å². The van der Waals surface area contributed by atoms with Crippen LogP contribution in [0.2, 0.25) is 0 Å². The van der Waals surface area contributed by atoms with E-state index in [4.69, 9.17) is 8.92 Å². The van der Waals surface area contributed by atoms with Gasteiger partial charge in [0.25, 0.3) is 16.0 Å². The summed E-state index contributed by atoms with van der Waals surface area (Å²) in [7, 11) is -8.13. The number of ether oxygens (including phenoxy) is 1. The van der Waals surface area contributed by atoms with Crippen LogP contribution >= 0.6 is 15.9 Å². The summed E-state index contributed by atoms with van der Waals surface area (Å²) in [6, 6.07) is 4.45. The van der Waals surface area contributed by atoms with Crippen molar-refractivity contribution in [3.63, 3.8) is 0 Å². The fourth-order valence-corrected chi connectivity index (χ4v) is 7.09. The molecule has 1 aromatic carbocycles.